The van der Waals surface area contributed by atoms with E-state index in [-0.39, 0.29) is 6.79 Å². The van der Waals surface area contributed by atoms with Gasteiger partial charge in [0.25, 0.3) is 0 Å². The highest BCUT2D eigenvalue weighted by molar-refractivity contribution is 5.77. The van der Waals surface area contributed by atoms with Gasteiger partial charge in [-0.3, -0.25) is 0 Å². The third-order valence-electron chi connectivity index (χ3n) is 4.33. The van der Waals surface area contributed by atoms with Gasteiger partial charge in [0.15, 0.2) is 11.5 Å². The molecule has 0 amide bonds. The largest absolute Gasteiger partial charge is 0.496 e. The smallest absolute Gasteiger partial charge is 0.231 e. The Labute approximate surface area is 135 Å². The Hall–Kier alpha value is -2.40. The van der Waals surface area contributed by atoms with Gasteiger partial charge < -0.3 is 24.4 Å². The monoisotopic (exact) mass is 312 g/mol. The Morgan fingerprint density at radius 3 is 2.61 bits per heavy atom. The molecule has 0 aromatic heterocycles. The minimum absolute atomic E-state index is 0.267. The van der Waals surface area contributed by atoms with E-state index in [1.54, 1.807) is 7.11 Å². The molecule has 4 rings (SSSR count). The van der Waals surface area contributed by atoms with Gasteiger partial charge in [-0.25, -0.2) is 0 Å². The lowest BCUT2D eigenvalue weighted by Gasteiger charge is -2.29. The zero-order chi connectivity index (χ0) is 15.6. The first-order valence-corrected chi connectivity index (χ1v) is 7.89. The van der Waals surface area contributed by atoms with Gasteiger partial charge in [-0.15, -0.1) is 0 Å². The Morgan fingerprint density at radius 2 is 1.83 bits per heavy atom. The van der Waals surface area contributed by atoms with Crippen molar-refractivity contribution < 1.29 is 14.2 Å². The molecule has 0 spiro atoms. The lowest BCUT2D eigenvalue weighted by atomic mass is 10.0. The number of nitrogens with zero attached hydrogens (tertiary/aromatic N) is 1. The number of methoxy groups -OCH3 is 1. The van der Waals surface area contributed by atoms with Crippen LogP contribution in [0.3, 0.4) is 0 Å². The molecule has 2 aromatic carbocycles. The predicted molar refractivity (Wildman–Crippen MR) is 89.6 cm³/mol. The molecular weight excluding hydrogens is 292 g/mol. The lowest BCUT2D eigenvalue weighted by molar-refractivity contribution is 0.174. The lowest BCUT2D eigenvalue weighted by Crippen LogP contribution is -2.43. The van der Waals surface area contributed by atoms with Crippen molar-refractivity contribution in [3.63, 3.8) is 0 Å². The molecule has 0 unspecified atom stereocenters. The van der Waals surface area contributed by atoms with Crippen LogP contribution in [-0.2, 0) is 0 Å². The summed E-state index contributed by atoms with van der Waals surface area (Å²) in [4.78, 5) is 2.40. The molecule has 0 bridgehead atoms. The van der Waals surface area contributed by atoms with Crippen molar-refractivity contribution >= 4 is 5.69 Å². The topological polar surface area (TPSA) is 43.0 Å². The van der Waals surface area contributed by atoms with Crippen LogP contribution in [-0.4, -0.2) is 40.1 Å². The number of anilines is 1. The van der Waals surface area contributed by atoms with Gasteiger partial charge in [-0.1, -0.05) is 12.1 Å². The standard InChI is InChI=1S/C18H20N2O3/c1-21-16-11-18-17(22-12-23-18)10-15(16)13-3-2-4-14(9-13)20-7-5-19-6-8-20/h2-4,9-11,19H,5-8,12H2,1H3. The molecular formula is C18H20N2O3. The second-order valence-electron chi connectivity index (χ2n) is 5.69. The highest BCUT2D eigenvalue weighted by Crippen LogP contribution is 2.42. The molecule has 0 saturated carbocycles. The van der Waals surface area contributed by atoms with E-state index in [0.29, 0.717) is 0 Å². The maximum Gasteiger partial charge on any atom is 0.231 e. The summed E-state index contributed by atoms with van der Waals surface area (Å²) in [6.45, 7) is 4.38. The second kappa shape index (κ2) is 6.01. The molecule has 2 aliphatic heterocycles. The summed E-state index contributed by atoms with van der Waals surface area (Å²) < 4.78 is 16.5. The van der Waals surface area contributed by atoms with E-state index in [2.05, 4.69) is 34.5 Å². The fourth-order valence-corrected chi connectivity index (χ4v) is 3.11. The van der Waals surface area contributed by atoms with E-state index in [1.807, 2.05) is 12.1 Å². The van der Waals surface area contributed by atoms with Crippen molar-refractivity contribution in [3.05, 3.63) is 36.4 Å². The Morgan fingerprint density at radius 1 is 1.04 bits per heavy atom. The number of piperazine rings is 1. The van der Waals surface area contributed by atoms with Crippen molar-refractivity contribution in [1.29, 1.82) is 0 Å². The summed E-state index contributed by atoms with van der Waals surface area (Å²) in [7, 11) is 1.68. The summed E-state index contributed by atoms with van der Waals surface area (Å²) in [5.41, 5.74) is 3.38. The third kappa shape index (κ3) is 2.68. The van der Waals surface area contributed by atoms with Crippen LogP contribution in [0.15, 0.2) is 36.4 Å². The normalized spacial score (nSPS) is 16.5. The van der Waals surface area contributed by atoms with Gasteiger partial charge in [0.1, 0.15) is 5.75 Å². The van der Waals surface area contributed by atoms with Crippen LogP contribution >= 0.6 is 0 Å². The number of nitrogens with one attached hydrogen (secondary N) is 1. The molecule has 1 saturated heterocycles. The number of ether oxygens (including phenoxy) is 3. The number of benzene rings is 2. The minimum atomic E-state index is 0.267. The van der Waals surface area contributed by atoms with Gasteiger partial charge in [0, 0.05) is 43.5 Å². The zero-order valence-corrected chi connectivity index (χ0v) is 13.2. The van der Waals surface area contributed by atoms with Crippen molar-refractivity contribution in [3.8, 4) is 28.4 Å². The van der Waals surface area contributed by atoms with Gasteiger partial charge in [0.05, 0.1) is 7.11 Å². The molecule has 120 valence electrons. The summed E-state index contributed by atoms with van der Waals surface area (Å²) >= 11 is 0. The van der Waals surface area contributed by atoms with E-state index in [1.165, 1.54) is 5.69 Å². The van der Waals surface area contributed by atoms with Crippen molar-refractivity contribution in [2.75, 3.05) is 45.0 Å². The highest BCUT2D eigenvalue weighted by Gasteiger charge is 2.19. The quantitative estimate of drug-likeness (QED) is 0.943. The number of rotatable bonds is 3. The number of fused-ring (bicyclic) bond motifs is 1. The van der Waals surface area contributed by atoms with Crippen LogP contribution in [0.4, 0.5) is 5.69 Å². The number of hydrogen-bond acceptors (Lipinski definition) is 5. The summed E-state index contributed by atoms with van der Waals surface area (Å²) in [6.07, 6.45) is 0. The van der Waals surface area contributed by atoms with Crippen LogP contribution in [0.2, 0.25) is 0 Å². The predicted octanol–water partition coefficient (Wildman–Crippen LogP) is 2.50. The molecule has 0 radical (unpaired) electrons. The fraction of sp³-hybridized carbons (Fsp3) is 0.333. The first kappa shape index (κ1) is 14.2. The minimum Gasteiger partial charge on any atom is -0.496 e. The first-order valence-electron chi connectivity index (χ1n) is 7.89. The molecule has 5 nitrogen and oxygen atoms in total. The Balaban J connectivity index is 1.73. The molecule has 0 aliphatic carbocycles. The molecule has 0 atom stereocenters. The molecule has 2 aliphatic rings. The highest BCUT2D eigenvalue weighted by atomic mass is 16.7. The zero-order valence-electron chi connectivity index (χ0n) is 13.2. The summed E-state index contributed by atoms with van der Waals surface area (Å²) in [5, 5.41) is 3.39. The van der Waals surface area contributed by atoms with E-state index in [4.69, 9.17) is 14.2 Å². The van der Waals surface area contributed by atoms with Crippen LogP contribution in [0.25, 0.3) is 11.1 Å². The van der Waals surface area contributed by atoms with E-state index >= 15 is 0 Å². The Bertz CT molecular complexity index is 711. The van der Waals surface area contributed by atoms with Crippen LogP contribution in [0, 0.1) is 0 Å². The van der Waals surface area contributed by atoms with Crippen LogP contribution in [0.5, 0.6) is 17.2 Å². The van der Waals surface area contributed by atoms with Gasteiger partial charge >= 0.3 is 0 Å². The first-order chi connectivity index (χ1) is 11.3. The van der Waals surface area contributed by atoms with Gasteiger partial charge in [-0.2, -0.15) is 0 Å². The SMILES string of the molecule is COc1cc2c(cc1-c1cccc(N3CCNCC3)c1)OCO2. The fourth-order valence-electron chi connectivity index (χ4n) is 3.11. The third-order valence-corrected chi connectivity index (χ3v) is 4.33. The maximum atomic E-state index is 5.55. The second-order valence-corrected chi connectivity index (χ2v) is 5.69. The van der Waals surface area contributed by atoms with Crippen LogP contribution in [0.1, 0.15) is 0 Å². The van der Waals surface area contributed by atoms with E-state index in [9.17, 15) is 0 Å². The van der Waals surface area contributed by atoms with Crippen molar-refractivity contribution in [1.82, 2.24) is 5.32 Å². The molecule has 2 heterocycles. The molecule has 23 heavy (non-hydrogen) atoms. The molecule has 5 heteroatoms. The van der Waals surface area contributed by atoms with Gasteiger partial charge in [0.2, 0.25) is 6.79 Å². The van der Waals surface area contributed by atoms with E-state index in [0.717, 1.165) is 54.6 Å². The number of hydrogen-bond donors (Lipinski definition) is 1. The van der Waals surface area contributed by atoms with Crippen LogP contribution < -0.4 is 24.4 Å². The maximum absolute atomic E-state index is 5.55. The average molecular weight is 312 g/mol. The Kier molecular flexibility index (Phi) is 3.71. The summed E-state index contributed by atoms with van der Waals surface area (Å²) in [5.74, 6) is 2.31. The molecule has 2 aromatic rings. The summed E-state index contributed by atoms with van der Waals surface area (Å²) in [6, 6.07) is 12.5. The van der Waals surface area contributed by atoms with Gasteiger partial charge in [-0.05, 0) is 23.8 Å². The molecule has 1 fully saturated rings. The molecule has 1 N–H and O–H groups in total. The van der Waals surface area contributed by atoms with Crippen molar-refractivity contribution in [2.24, 2.45) is 0 Å². The van der Waals surface area contributed by atoms with Crippen molar-refractivity contribution in [2.45, 2.75) is 0 Å². The average Bonchev–Trinajstić information content (AvgIpc) is 3.09. The van der Waals surface area contributed by atoms with E-state index < -0.39 is 0 Å².